The molecular weight excluding hydrogens is 184 g/mol. The van der Waals surface area contributed by atoms with Gasteiger partial charge in [0.25, 0.3) is 0 Å². The van der Waals surface area contributed by atoms with Gasteiger partial charge in [-0.2, -0.15) is 0 Å². The smallest absolute Gasteiger partial charge is 0.309 e. The van der Waals surface area contributed by atoms with Crippen LogP contribution in [0.4, 0.5) is 0 Å². The number of carbonyl (C=O) groups is 1. The third kappa shape index (κ3) is 3.27. The Balaban J connectivity index is 2.23. The van der Waals surface area contributed by atoms with E-state index < -0.39 is 5.60 Å². The van der Waals surface area contributed by atoms with Gasteiger partial charge in [0.05, 0.1) is 12.0 Å². The van der Waals surface area contributed by atoms with Crippen molar-refractivity contribution in [2.45, 2.75) is 45.3 Å². The third-order valence-corrected chi connectivity index (χ3v) is 2.15. The second-order valence-corrected chi connectivity index (χ2v) is 4.62. The van der Waals surface area contributed by atoms with Gasteiger partial charge in [0.15, 0.2) is 0 Å². The van der Waals surface area contributed by atoms with Crippen LogP contribution in [0.3, 0.4) is 0 Å². The van der Waals surface area contributed by atoms with Crippen LogP contribution in [0, 0.1) is 5.92 Å². The molecule has 1 aliphatic rings. The van der Waals surface area contributed by atoms with Crippen LogP contribution in [0.1, 0.15) is 33.6 Å². The van der Waals surface area contributed by atoms with Gasteiger partial charge in [-0.25, -0.2) is 0 Å². The minimum absolute atomic E-state index is 0.0255. The Hall–Kier alpha value is -0.610. The zero-order valence-electron chi connectivity index (χ0n) is 8.95. The Morgan fingerprint density at radius 1 is 1.43 bits per heavy atom. The maximum atomic E-state index is 11.5. The summed E-state index contributed by atoms with van der Waals surface area (Å²) in [4.78, 5) is 11.5. The monoisotopic (exact) mass is 202 g/mol. The normalized spacial score (nSPS) is 26.9. The van der Waals surface area contributed by atoms with E-state index in [1.165, 1.54) is 0 Å². The Bertz CT molecular complexity index is 201. The Morgan fingerprint density at radius 3 is 2.43 bits per heavy atom. The van der Waals surface area contributed by atoms with Crippen molar-refractivity contribution in [2.75, 3.05) is 6.79 Å². The van der Waals surface area contributed by atoms with E-state index in [9.17, 15) is 4.79 Å². The first kappa shape index (κ1) is 11.5. The number of carbonyl (C=O) groups excluding carboxylic acids is 1. The van der Waals surface area contributed by atoms with E-state index in [0.29, 0.717) is 12.8 Å². The standard InChI is InChI=1S/C10H18O4/c1-10(2,3)14-9(12)7-4-8(5-7)13-6-11/h7-8,11H,4-6H2,1-3H3. The minimum Gasteiger partial charge on any atom is -0.460 e. The quantitative estimate of drug-likeness (QED) is 0.549. The van der Waals surface area contributed by atoms with Gasteiger partial charge < -0.3 is 14.6 Å². The van der Waals surface area contributed by atoms with Crippen LogP contribution in [-0.2, 0) is 14.3 Å². The molecule has 0 aromatic rings. The maximum Gasteiger partial charge on any atom is 0.309 e. The molecule has 14 heavy (non-hydrogen) atoms. The van der Waals surface area contributed by atoms with E-state index in [-0.39, 0.29) is 24.8 Å². The largest absolute Gasteiger partial charge is 0.460 e. The summed E-state index contributed by atoms with van der Waals surface area (Å²) in [5, 5.41) is 8.47. The highest BCUT2D eigenvalue weighted by Crippen LogP contribution is 2.31. The van der Waals surface area contributed by atoms with Gasteiger partial charge >= 0.3 is 5.97 Å². The minimum atomic E-state index is -0.417. The number of rotatable bonds is 3. The van der Waals surface area contributed by atoms with Crippen molar-refractivity contribution in [1.29, 1.82) is 0 Å². The van der Waals surface area contributed by atoms with Gasteiger partial charge in [-0.1, -0.05) is 0 Å². The SMILES string of the molecule is CC(C)(C)OC(=O)C1CC(OCO)C1. The highest BCUT2D eigenvalue weighted by Gasteiger charge is 2.37. The van der Waals surface area contributed by atoms with E-state index in [0.717, 1.165) is 0 Å². The molecular formula is C10H18O4. The fraction of sp³-hybridized carbons (Fsp3) is 0.900. The molecule has 0 amide bonds. The van der Waals surface area contributed by atoms with E-state index in [1.807, 2.05) is 20.8 Å². The zero-order valence-corrected chi connectivity index (χ0v) is 8.95. The maximum absolute atomic E-state index is 11.5. The summed E-state index contributed by atoms with van der Waals surface area (Å²) < 4.78 is 10.1. The van der Waals surface area contributed by atoms with Crippen molar-refractivity contribution in [3.63, 3.8) is 0 Å². The predicted octanol–water partition coefficient (Wildman–Crippen LogP) is 1.07. The van der Waals surface area contributed by atoms with Crippen LogP contribution in [0.25, 0.3) is 0 Å². The molecule has 0 heterocycles. The number of hydrogen-bond donors (Lipinski definition) is 1. The second-order valence-electron chi connectivity index (χ2n) is 4.62. The summed E-state index contributed by atoms with van der Waals surface area (Å²) in [7, 11) is 0. The number of esters is 1. The number of ether oxygens (including phenoxy) is 2. The molecule has 4 nitrogen and oxygen atoms in total. The van der Waals surface area contributed by atoms with Crippen molar-refractivity contribution in [2.24, 2.45) is 5.92 Å². The van der Waals surface area contributed by atoms with Gasteiger partial charge in [0.1, 0.15) is 12.4 Å². The molecule has 0 radical (unpaired) electrons. The van der Waals surface area contributed by atoms with Crippen molar-refractivity contribution in [3.05, 3.63) is 0 Å². The summed E-state index contributed by atoms with van der Waals surface area (Å²) >= 11 is 0. The Morgan fingerprint density at radius 2 is 2.00 bits per heavy atom. The molecule has 1 fully saturated rings. The van der Waals surface area contributed by atoms with Crippen LogP contribution in [0.5, 0.6) is 0 Å². The molecule has 4 heteroatoms. The highest BCUT2D eigenvalue weighted by molar-refractivity contribution is 5.74. The molecule has 82 valence electrons. The first-order chi connectivity index (χ1) is 6.42. The molecule has 1 aliphatic carbocycles. The first-order valence-corrected chi connectivity index (χ1v) is 4.87. The Kier molecular flexibility index (Phi) is 3.50. The lowest BCUT2D eigenvalue weighted by molar-refractivity contribution is -0.173. The van der Waals surface area contributed by atoms with E-state index in [2.05, 4.69) is 0 Å². The average Bonchev–Trinajstić information content (AvgIpc) is 1.91. The van der Waals surface area contributed by atoms with Crippen LogP contribution in [0.15, 0.2) is 0 Å². The molecule has 1 saturated carbocycles. The van der Waals surface area contributed by atoms with Crippen molar-refractivity contribution < 1.29 is 19.4 Å². The summed E-state index contributed by atoms with van der Waals surface area (Å²) in [6.45, 7) is 5.29. The summed E-state index contributed by atoms with van der Waals surface area (Å²) in [5.41, 5.74) is -0.417. The number of aliphatic hydroxyl groups is 1. The molecule has 0 atom stereocenters. The van der Waals surface area contributed by atoms with Gasteiger partial charge in [0, 0.05) is 0 Å². The fourth-order valence-electron chi connectivity index (χ4n) is 1.38. The lowest BCUT2D eigenvalue weighted by Crippen LogP contribution is -2.40. The first-order valence-electron chi connectivity index (χ1n) is 4.87. The summed E-state index contributed by atoms with van der Waals surface area (Å²) in [5.74, 6) is -0.207. The molecule has 0 aliphatic heterocycles. The van der Waals surface area contributed by atoms with Crippen molar-refractivity contribution in [1.82, 2.24) is 0 Å². The molecule has 0 aromatic carbocycles. The lowest BCUT2D eigenvalue weighted by Gasteiger charge is -2.34. The van der Waals surface area contributed by atoms with Crippen molar-refractivity contribution >= 4 is 5.97 Å². The lowest BCUT2D eigenvalue weighted by atomic mass is 9.82. The van der Waals surface area contributed by atoms with Gasteiger partial charge in [-0.15, -0.1) is 0 Å². The third-order valence-electron chi connectivity index (χ3n) is 2.15. The predicted molar refractivity (Wildman–Crippen MR) is 50.5 cm³/mol. The van der Waals surface area contributed by atoms with E-state index in [4.69, 9.17) is 14.6 Å². The van der Waals surface area contributed by atoms with Crippen LogP contribution >= 0.6 is 0 Å². The summed E-state index contributed by atoms with van der Waals surface area (Å²) in [6.07, 6.45) is 1.35. The van der Waals surface area contributed by atoms with Crippen molar-refractivity contribution in [3.8, 4) is 0 Å². The van der Waals surface area contributed by atoms with Crippen LogP contribution in [-0.4, -0.2) is 29.6 Å². The molecule has 0 unspecified atom stereocenters. The molecule has 1 rings (SSSR count). The van der Waals surface area contributed by atoms with Gasteiger partial charge in [0.2, 0.25) is 0 Å². The second kappa shape index (κ2) is 4.28. The number of hydrogen-bond acceptors (Lipinski definition) is 4. The number of aliphatic hydroxyl groups excluding tert-OH is 1. The average molecular weight is 202 g/mol. The van der Waals surface area contributed by atoms with Gasteiger partial charge in [-0.3, -0.25) is 4.79 Å². The van der Waals surface area contributed by atoms with E-state index >= 15 is 0 Å². The zero-order chi connectivity index (χ0) is 10.8. The molecule has 0 spiro atoms. The molecule has 0 saturated heterocycles. The topological polar surface area (TPSA) is 55.8 Å². The van der Waals surface area contributed by atoms with Crippen LogP contribution < -0.4 is 0 Å². The van der Waals surface area contributed by atoms with Gasteiger partial charge in [-0.05, 0) is 33.6 Å². The highest BCUT2D eigenvalue weighted by atomic mass is 16.6. The van der Waals surface area contributed by atoms with Crippen LogP contribution in [0.2, 0.25) is 0 Å². The fourth-order valence-corrected chi connectivity index (χ4v) is 1.38. The molecule has 0 bridgehead atoms. The van der Waals surface area contributed by atoms with E-state index in [1.54, 1.807) is 0 Å². The molecule has 0 aromatic heterocycles. The summed E-state index contributed by atoms with van der Waals surface area (Å²) in [6, 6.07) is 0. The molecule has 1 N–H and O–H groups in total. The Labute approximate surface area is 84.2 Å².